The summed E-state index contributed by atoms with van der Waals surface area (Å²) >= 11 is 0. The van der Waals surface area contributed by atoms with Crippen LogP contribution in [0.25, 0.3) is 0 Å². The van der Waals surface area contributed by atoms with Gasteiger partial charge in [0.1, 0.15) is 0 Å². The van der Waals surface area contributed by atoms with Gasteiger partial charge >= 0.3 is 5.97 Å². The number of guanidine groups is 1. The minimum absolute atomic E-state index is 0.166. The van der Waals surface area contributed by atoms with E-state index in [4.69, 9.17) is 26.0 Å². The maximum Gasteiger partial charge on any atom is 0.305 e. The zero-order chi connectivity index (χ0) is 14.4. The molecule has 19 heavy (non-hydrogen) atoms. The number of ether oxygens (including phenoxy) is 2. The highest BCUT2D eigenvalue weighted by Gasteiger charge is 2.17. The Kier molecular flexibility index (Phi) is 4.99. The maximum atomic E-state index is 10.8. The fourth-order valence-electron chi connectivity index (χ4n) is 1.64. The van der Waals surface area contributed by atoms with E-state index >= 15 is 0 Å². The van der Waals surface area contributed by atoms with Crippen molar-refractivity contribution in [1.82, 2.24) is 0 Å². The fraction of sp³-hybridized carbons (Fsp3) is 0.333. The molecule has 7 nitrogen and oxygen atoms in total. The van der Waals surface area contributed by atoms with E-state index in [-0.39, 0.29) is 12.4 Å². The number of carboxylic acids is 1. The smallest absolute Gasteiger partial charge is 0.305 e. The molecule has 7 heteroatoms. The molecule has 1 aromatic rings. The standard InChI is InChI=1S/C12H17N3O4/c1-18-9-4-3-7(5-10(9)19-2)8(6-11(16)17)15-12(13)14/h3-5,8H,6H2,1-2H3,(H,16,17)(H4,13,14,15). The normalized spacial score (nSPS) is 11.5. The number of rotatable bonds is 6. The monoisotopic (exact) mass is 267 g/mol. The first kappa shape index (κ1) is 14.6. The van der Waals surface area contributed by atoms with Gasteiger partial charge in [0.25, 0.3) is 0 Å². The number of carboxylic acid groups (broad SMARTS) is 1. The number of hydrogen-bond donors (Lipinski definition) is 3. The van der Waals surface area contributed by atoms with Gasteiger partial charge < -0.3 is 26.0 Å². The summed E-state index contributed by atoms with van der Waals surface area (Å²) in [5.41, 5.74) is 11.3. The lowest BCUT2D eigenvalue weighted by Gasteiger charge is -2.14. The second-order valence-corrected chi connectivity index (χ2v) is 3.78. The Bertz CT molecular complexity index is 484. The average molecular weight is 267 g/mol. The molecular formula is C12H17N3O4. The molecule has 0 spiro atoms. The van der Waals surface area contributed by atoms with Gasteiger partial charge in [-0.05, 0) is 17.7 Å². The van der Waals surface area contributed by atoms with Crippen molar-refractivity contribution in [3.8, 4) is 11.5 Å². The molecule has 0 aliphatic carbocycles. The minimum atomic E-state index is -0.996. The van der Waals surface area contributed by atoms with Crippen molar-refractivity contribution >= 4 is 11.9 Å². The molecule has 1 atom stereocenters. The van der Waals surface area contributed by atoms with Gasteiger partial charge in [-0.3, -0.25) is 4.79 Å². The zero-order valence-corrected chi connectivity index (χ0v) is 10.8. The molecule has 0 saturated heterocycles. The van der Waals surface area contributed by atoms with Gasteiger partial charge in [-0.1, -0.05) is 6.07 Å². The molecule has 1 rings (SSSR count). The molecule has 0 heterocycles. The van der Waals surface area contributed by atoms with Crippen LogP contribution in [0.3, 0.4) is 0 Å². The van der Waals surface area contributed by atoms with Crippen molar-refractivity contribution in [3.05, 3.63) is 23.8 Å². The number of nitrogens with zero attached hydrogens (tertiary/aromatic N) is 1. The summed E-state index contributed by atoms with van der Waals surface area (Å²) in [7, 11) is 3.01. The highest BCUT2D eigenvalue weighted by Crippen LogP contribution is 2.32. The highest BCUT2D eigenvalue weighted by atomic mass is 16.5. The first-order chi connectivity index (χ1) is 8.97. The third kappa shape index (κ3) is 4.06. The van der Waals surface area contributed by atoms with Gasteiger partial charge in [-0.25, -0.2) is 4.99 Å². The number of hydrogen-bond acceptors (Lipinski definition) is 4. The highest BCUT2D eigenvalue weighted by molar-refractivity contribution is 5.77. The second kappa shape index (κ2) is 6.48. The van der Waals surface area contributed by atoms with Crippen LogP contribution < -0.4 is 20.9 Å². The predicted molar refractivity (Wildman–Crippen MR) is 70.3 cm³/mol. The van der Waals surface area contributed by atoms with Crippen LogP contribution in [0.5, 0.6) is 11.5 Å². The Balaban J connectivity index is 3.15. The second-order valence-electron chi connectivity index (χ2n) is 3.78. The number of carbonyl (C=O) groups is 1. The van der Waals surface area contributed by atoms with Crippen LogP contribution in [0.1, 0.15) is 18.0 Å². The number of aliphatic imine (C=N–C) groups is 1. The maximum absolute atomic E-state index is 10.8. The Morgan fingerprint density at radius 1 is 1.32 bits per heavy atom. The molecule has 0 saturated carbocycles. The molecule has 0 aromatic heterocycles. The summed E-state index contributed by atoms with van der Waals surface area (Å²) in [5.74, 6) is -0.128. The summed E-state index contributed by atoms with van der Waals surface area (Å²) in [5, 5.41) is 8.88. The van der Waals surface area contributed by atoms with Gasteiger partial charge in [-0.2, -0.15) is 0 Å². The first-order valence-electron chi connectivity index (χ1n) is 5.50. The number of benzene rings is 1. The molecule has 1 unspecified atom stereocenters. The minimum Gasteiger partial charge on any atom is -0.493 e. The van der Waals surface area contributed by atoms with Gasteiger partial charge in [0.05, 0.1) is 26.7 Å². The lowest BCUT2D eigenvalue weighted by molar-refractivity contribution is -0.137. The van der Waals surface area contributed by atoms with Crippen molar-refractivity contribution in [1.29, 1.82) is 0 Å². The number of nitrogens with two attached hydrogens (primary N) is 2. The van der Waals surface area contributed by atoms with Crippen molar-refractivity contribution in [2.75, 3.05) is 14.2 Å². The van der Waals surface area contributed by atoms with E-state index in [1.807, 2.05) is 0 Å². The summed E-state index contributed by atoms with van der Waals surface area (Å²) < 4.78 is 10.3. The van der Waals surface area contributed by atoms with Crippen LogP contribution in [0.2, 0.25) is 0 Å². The van der Waals surface area contributed by atoms with E-state index in [0.29, 0.717) is 17.1 Å². The third-order valence-corrected chi connectivity index (χ3v) is 2.47. The molecule has 0 radical (unpaired) electrons. The summed E-state index contributed by atoms with van der Waals surface area (Å²) in [6.07, 6.45) is -0.215. The molecular weight excluding hydrogens is 250 g/mol. The van der Waals surface area contributed by atoms with Crippen molar-refractivity contribution in [2.24, 2.45) is 16.5 Å². The van der Waals surface area contributed by atoms with E-state index in [1.165, 1.54) is 14.2 Å². The fourth-order valence-corrected chi connectivity index (χ4v) is 1.64. The van der Waals surface area contributed by atoms with Gasteiger partial charge in [0.2, 0.25) is 0 Å². The molecule has 5 N–H and O–H groups in total. The van der Waals surface area contributed by atoms with Gasteiger partial charge in [0.15, 0.2) is 17.5 Å². The Morgan fingerprint density at radius 3 is 2.42 bits per heavy atom. The quantitative estimate of drug-likeness (QED) is 0.509. The summed E-state index contributed by atoms with van der Waals surface area (Å²) in [4.78, 5) is 14.7. The molecule has 0 aliphatic rings. The predicted octanol–water partition coefficient (Wildman–Crippen LogP) is 0.493. The topological polar surface area (TPSA) is 120 Å². The SMILES string of the molecule is COc1ccc(C(CC(=O)O)N=C(N)N)cc1OC. The van der Waals surface area contributed by atoms with Crippen molar-refractivity contribution in [2.45, 2.75) is 12.5 Å². The van der Waals surface area contributed by atoms with Crippen LogP contribution in [0.15, 0.2) is 23.2 Å². The van der Waals surface area contributed by atoms with E-state index in [0.717, 1.165) is 0 Å². The van der Waals surface area contributed by atoms with E-state index in [2.05, 4.69) is 4.99 Å². The molecule has 104 valence electrons. The Labute approximate surface area is 110 Å². The first-order valence-corrected chi connectivity index (χ1v) is 5.50. The summed E-state index contributed by atoms with van der Waals surface area (Å²) in [6, 6.07) is 4.35. The molecule has 0 aliphatic heterocycles. The van der Waals surface area contributed by atoms with Crippen LogP contribution in [0, 0.1) is 0 Å². The van der Waals surface area contributed by atoms with Gasteiger partial charge in [0, 0.05) is 0 Å². The van der Waals surface area contributed by atoms with Gasteiger partial charge in [-0.15, -0.1) is 0 Å². The van der Waals surface area contributed by atoms with Crippen molar-refractivity contribution < 1.29 is 19.4 Å². The molecule has 0 fully saturated rings. The lowest BCUT2D eigenvalue weighted by atomic mass is 10.0. The van der Waals surface area contributed by atoms with Crippen molar-refractivity contribution in [3.63, 3.8) is 0 Å². The lowest BCUT2D eigenvalue weighted by Crippen LogP contribution is -2.24. The van der Waals surface area contributed by atoms with Crippen LogP contribution in [-0.2, 0) is 4.79 Å². The Hall–Kier alpha value is -2.44. The van der Waals surface area contributed by atoms with E-state index in [1.54, 1.807) is 18.2 Å². The van der Waals surface area contributed by atoms with Crippen LogP contribution >= 0.6 is 0 Å². The zero-order valence-electron chi connectivity index (χ0n) is 10.8. The van der Waals surface area contributed by atoms with E-state index in [9.17, 15) is 4.79 Å². The van der Waals surface area contributed by atoms with Crippen LogP contribution in [-0.4, -0.2) is 31.3 Å². The largest absolute Gasteiger partial charge is 0.493 e. The average Bonchev–Trinajstić information content (AvgIpc) is 2.36. The number of methoxy groups -OCH3 is 2. The third-order valence-electron chi connectivity index (χ3n) is 2.47. The number of aliphatic carboxylic acids is 1. The van der Waals surface area contributed by atoms with E-state index < -0.39 is 12.0 Å². The van der Waals surface area contributed by atoms with Crippen LogP contribution in [0.4, 0.5) is 0 Å². The molecule has 1 aromatic carbocycles. The molecule has 0 bridgehead atoms. The Morgan fingerprint density at radius 2 is 1.95 bits per heavy atom. The summed E-state index contributed by atoms with van der Waals surface area (Å²) in [6.45, 7) is 0. The molecule has 0 amide bonds.